The first-order valence-corrected chi connectivity index (χ1v) is 12.7. The predicted octanol–water partition coefficient (Wildman–Crippen LogP) is 6.66. The van der Waals surface area contributed by atoms with E-state index in [4.69, 9.17) is 18.9 Å². The molecule has 0 N–H and O–H groups in total. The van der Waals surface area contributed by atoms with Crippen LogP contribution >= 0.6 is 0 Å². The summed E-state index contributed by atoms with van der Waals surface area (Å²) in [6.07, 6.45) is 5.74. The molecule has 0 saturated carbocycles. The van der Waals surface area contributed by atoms with Crippen molar-refractivity contribution in [3.05, 3.63) is 103 Å². The number of hydrogen-bond acceptors (Lipinski definition) is 6. The lowest BCUT2D eigenvalue weighted by Gasteiger charge is -2.09. The zero-order valence-corrected chi connectivity index (χ0v) is 21.8. The van der Waals surface area contributed by atoms with Gasteiger partial charge in [0.15, 0.2) is 0 Å². The van der Waals surface area contributed by atoms with Gasteiger partial charge < -0.3 is 18.9 Å². The maximum atomic E-state index is 11.8. The predicted molar refractivity (Wildman–Crippen MR) is 149 cm³/mol. The molecule has 3 aromatic carbocycles. The molecule has 0 spiro atoms. The van der Waals surface area contributed by atoms with Gasteiger partial charge in [-0.3, -0.25) is 0 Å². The van der Waals surface area contributed by atoms with E-state index >= 15 is 0 Å². The average Bonchev–Trinajstić information content (AvgIpc) is 2.95. The highest BCUT2D eigenvalue weighted by atomic mass is 16.6. The lowest BCUT2D eigenvalue weighted by molar-refractivity contribution is -0.139. The van der Waals surface area contributed by atoms with E-state index in [0.717, 1.165) is 41.7 Å². The maximum Gasteiger partial charge on any atom is 0.333 e. The fourth-order valence-electron chi connectivity index (χ4n) is 3.42. The lowest BCUT2D eigenvalue weighted by atomic mass is 10.1. The normalized spacial score (nSPS) is 10.7. The van der Waals surface area contributed by atoms with Crippen molar-refractivity contribution < 1.29 is 28.5 Å². The van der Waals surface area contributed by atoms with Crippen molar-refractivity contribution in [2.24, 2.45) is 0 Å². The molecule has 0 bridgehead atoms. The molecule has 0 unspecified atom stereocenters. The molecule has 0 atom stereocenters. The average molecular weight is 515 g/mol. The van der Waals surface area contributed by atoms with Crippen molar-refractivity contribution in [3.8, 4) is 22.6 Å². The largest absolute Gasteiger partial charge is 0.494 e. The van der Waals surface area contributed by atoms with E-state index in [1.165, 1.54) is 6.08 Å². The summed E-state index contributed by atoms with van der Waals surface area (Å²) >= 11 is 0. The Labute approximate surface area is 224 Å². The van der Waals surface area contributed by atoms with Crippen LogP contribution in [0.1, 0.15) is 31.7 Å². The van der Waals surface area contributed by atoms with Crippen molar-refractivity contribution in [1.82, 2.24) is 0 Å². The van der Waals surface area contributed by atoms with Gasteiger partial charge in [0.05, 0.1) is 13.2 Å². The van der Waals surface area contributed by atoms with Gasteiger partial charge in [-0.1, -0.05) is 61.2 Å². The van der Waals surface area contributed by atoms with E-state index in [1.54, 1.807) is 13.0 Å². The van der Waals surface area contributed by atoms with Gasteiger partial charge in [0, 0.05) is 11.6 Å². The Kier molecular flexibility index (Phi) is 11.7. The second kappa shape index (κ2) is 15.7. The Morgan fingerprint density at radius 1 is 0.684 bits per heavy atom. The van der Waals surface area contributed by atoms with Crippen molar-refractivity contribution in [2.75, 3.05) is 26.4 Å². The van der Waals surface area contributed by atoms with E-state index in [1.807, 2.05) is 78.9 Å². The summed E-state index contributed by atoms with van der Waals surface area (Å²) in [5.41, 5.74) is 3.49. The first kappa shape index (κ1) is 28.3. The van der Waals surface area contributed by atoms with Gasteiger partial charge in [-0.2, -0.15) is 0 Å². The summed E-state index contributed by atoms with van der Waals surface area (Å²) in [4.78, 5) is 23.1. The molecule has 6 nitrogen and oxygen atoms in total. The molecule has 0 aromatic heterocycles. The Bertz CT molecular complexity index is 1180. The van der Waals surface area contributed by atoms with E-state index in [9.17, 15) is 9.59 Å². The first-order chi connectivity index (χ1) is 18.5. The third kappa shape index (κ3) is 10.3. The van der Waals surface area contributed by atoms with Crippen LogP contribution in [0.5, 0.6) is 11.5 Å². The number of carbonyl (C=O) groups excluding carboxylic acids is 2. The van der Waals surface area contributed by atoms with Gasteiger partial charge in [-0.05, 0) is 73.2 Å². The van der Waals surface area contributed by atoms with Crippen LogP contribution in [0.3, 0.4) is 0 Å². The number of carbonyl (C=O) groups is 2. The second-order valence-corrected chi connectivity index (χ2v) is 8.63. The molecule has 0 amide bonds. The summed E-state index contributed by atoms with van der Waals surface area (Å²) in [5.74, 6) is 0.783. The van der Waals surface area contributed by atoms with Gasteiger partial charge in [0.25, 0.3) is 0 Å². The Hall–Kier alpha value is -4.32. The maximum absolute atomic E-state index is 11.8. The van der Waals surface area contributed by atoms with Crippen LogP contribution in [0.25, 0.3) is 17.2 Å². The van der Waals surface area contributed by atoms with E-state index in [0.29, 0.717) is 24.5 Å². The van der Waals surface area contributed by atoms with Gasteiger partial charge >= 0.3 is 11.9 Å². The number of esters is 2. The molecule has 6 heteroatoms. The summed E-state index contributed by atoms with van der Waals surface area (Å²) in [5, 5.41) is 0. The fraction of sp³-hybridized carbons (Fsp3) is 0.250. The summed E-state index contributed by atoms with van der Waals surface area (Å²) in [7, 11) is 0. The van der Waals surface area contributed by atoms with Gasteiger partial charge in [-0.25, -0.2) is 9.59 Å². The van der Waals surface area contributed by atoms with Crippen LogP contribution in [0.2, 0.25) is 0 Å². The van der Waals surface area contributed by atoms with Crippen LogP contribution in [0.4, 0.5) is 0 Å². The minimum Gasteiger partial charge on any atom is -0.494 e. The molecule has 0 aliphatic rings. The van der Waals surface area contributed by atoms with Gasteiger partial charge in [0.1, 0.15) is 24.7 Å². The molecular formula is C32H34O6. The smallest absolute Gasteiger partial charge is 0.333 e. The summed E-state index contributed by atoms with van der Waals surface area (Å²) in [6, 6.07) is 25.3. The van der Waals surface area contributed by atoms with E-state index in [-0.39, 0.29) is 19.2 Å². The second-order valence-electron chi connectivity index (χ2n) is 8.63. The monoisotopic (exact) mass is 514 g/mol. The SMILES string of the molecule is C=C(C)C(=O)OCCCCCOc1ccc(-c2ccc(OCCOC(=O)/C=C/c3ccccc3)cc2)cc1. The highest BCUT2D eigenvalue weighted by Crippen LogP contribution is 2.25. The minimum atomic E-state index is -0.401. The molecule has 0 aliphatic heterocycles. The van der Waals surface area contributed by atoms with Crippen LogP contribution in [0.15, 0.2) is 97.1 Å². The fourth-order valence-corrected chi connectivity index (χ4v) is 3.42. The molecular weight excluding hydrogens is 480 g/mol. The highest BCUT2D eigenvalue weighted by Gasteiger charge is 2.03. The van der Waals surface area contributed by atoms with Crippen molar-refractivity contribution in [1.29, 1.82) is 0 Å². The molecule has 3 aromatic rings. The third-order valence-corrected chi connectivity index (χ3v) is 5.49. The lowest BCUT2D eigenvalue weighted by Crippen LogP contribution is -2.10. The van der Waals surface area contributed by atoms with Crippen molar-refractivity contribution >= 4 is 18.0 Å². The standard InChI is InChI=1S/C32H34O6/c1-25(2)32(34)38-22-8-4-7-21-35-29-16-12-27(13-17-29)28-14-18-30(19-15-28)36-23-24-37-31(33)20-11-26-9-5-3-6-10-26/h3,5-6,9-20H,1,4,7-8,21-24H2,2H3/b20-11+. The first-order valence-electron chi connectivity index (χ1n) is 12.7. The zero-order chi connectivity index (χ0) is 27.0. The van der Waals surface area contributed by atoms with Gasteiger partial charge in [-0.15, -0.1) is 0 Å². The molecule has 0 saturated heterocycles. The molecule has 0 fully saturated rings. The molecule has 3 rings (SSSR count). The minimum absolute atomic E-state index is 0.170. The molecule has 0 heterocycles. The van der Waals surface area contributed by atoms with Crippen LogP contribution in [-0.2, 0) is 19.1 Å². The third-order valence-electron chi connectivity index (χ3n) is 5.49. The van der Waals surface area contributed by atoms with E-state index < -0.39 is 5.97 Å². The van der Waals surface area contributed by atoms with Crippen molar-refractivity contribution in [2.45, 2.75) is 26.2 Å². The highest BCUT2D eigenvalue weighted by molar-refractivity contribution is 5.87. The zero-order valence-electron chi connectivity index (χ0n) is 21.8. The number of unbranched alkanes of at least 4 members (excludes halogenated alkanes) is 2. The number of hydrogen-bond donors (Lipinski definition) is 0. The Morgan fingerprint density at radius 2 is 1.26 bits per heavy atom. The van der Waals surface area contributed by atoms with Crippen LogP contribution in [0, 0.1) is 0 Å². The Balaban J connectivity index is 1.31. The number of rotatable bonds is 15. The van der Waals surface area contributed by atoms with Crippen LogP contribution < -0.4 is 9.47 Å². The summed E-state index contributed by atoms with van der Waals surface area (Å²) in [6.45, 7) is 6.66. The Morgan fingerprint density at radius 3 is 1.87 bits per heavy atom. The topological polar surface area (TPSA) is 71.1 Å². The van der Waals surface area contributed by atoms with Crippen molar-refractivity contribution in [3.63, 3.8) is 0 Å². The quantitative estimate of drug-likeness (QED) is 0.128. The molecule has 0 aliphatic carbocycles. The molecule has 198 valence electrons. The number of benzene rings is 3. The van der Waals surface area contributed by atoms with E-state index in [2.05, 4.69) is 6.58 Å². The van der Waals surface area contributed by atoms with Gasteiger partial charge in [0.2, 0.25) is 0 Å². The molecule has 38 heavy (non-hydrogen) atoms. The molecule has 0 radical (unpaired) electrons. The summed E-state index contributed by atoms with van der Waals surface area (Å²) < 4.78 is 21.7. The number of ether oxygens (including phenoxy) is 4. The van der Waals surface area contributed by atoms with Crippen LogP contribution in [-0.4, -0.2) is 38.4 Å².